The van der Waals surface area contributed by atoms with Gasteiger partial charge in [-0.25, -0.2) is 0 Å². The molecule has 3 rings (SSSR count). The van der Waals surface area contributed by atoms with Crippen LogP contribution in [0.3, 0.4) is 0 Å². The first kappa shape index (κ1) is 15.3. The summed E-state index contributed by atoms with van der Waals surface area (Å²) in [6, 6.07) is 7.02. The molecule has 2 aliphatic heterocycles. The van der Waals surface area contributed by atoms with E-state index in [0.717, 1.165) is 0 Å². The van der Waals surface area contributed by atoms with Crippen molar-refractivity contribution < 1.29 is 24.2 Å². The average molecular weight is 318 g/mol. The molecule has 7 heteroatoms. The highest BCUT2D eigenvalue weighted by atomic mass is 16.5. The van der Waals surface area contributed by atoms with Gasteiger partial charge in [0.2, 0.25) is 5.91 Å². The summed E-state index contributed by atoms with van der Waals surface area (Å²) in [5.41, 5.74) is 0.585. The molecule has 2 amide bonds. The third-order valence-corrected chi connectivity index (χ3v) is 4.35. The number of carboxylic acid groups (broad SMARTS) is 1. The monoisotopic (exact) mass is 318 g/mol. The van der Waals surface area contributed by atoms with Crippen LogP contribution in [0.4, 0.5) is 5.69 Å². The minimum absolute atomic E-state index is 0.0980. The molecule has 3 atom stereocenters. The first-order valence-corrected chi connectivity index (χ1v) is 7.53. The van der Waals surface area contributed by atoms with Gasteiger partial charge in [-0.15, -0.1) is 0 Å². The number of para-hydroxylation sites is 2. The van der Waals surface area contributed by atoms with E-state index in [1.807, 2.05) is 6.92 Å². The molecule has 0 saturated carbocycles. The van der Waals surface area contributed by atoms with Crippen LogP contribution in [0, 0.1) is 11.8 Å². The Kier molecular flexibility index (Phi) is 3.94. The number of anilines is 1. The molecule has 2 N–H and O–H groups in total. The number of hydrogen-bond acceptors (Lipinski definition) is 4. The van der Waals surface area contributed by atoms with Crippen LogP contribution < -0.4 is 10.1 Å². The van der Waals surface area contributed by atoms with Gasteiger partial charge in [0, 0.05) is 13.1 Å². The fraction of sp³-hybridized carbons (Fsp3) is 0.438. The van der Waals surface area contributed by atoms with E-state index in [9.17, 15) is 14.4 Å². The smallest absolute Gasteiger partial charge is 0.308 e. The van der Waals surface area contributed by atoms with Crippen LogP contribution in [0.25, 0.3) is 0 Å². The number of fused-ring (bicyclic) bond motifs is 1. The summed E-state index contributed by atoms with van der Waals surface area (Å²) in [6.07, 6.45) is -0.990. The van der Waals surface area contributed by atoms with Crippen molar-refractivity contribution >= 4 is 23.5 Å². The summed E-state index contributed by atoms with van der Waals surface area (Å²) in [7, 11) is 0. The highest BCUT2D eigenvalue weighted by Gasteiger charge is 2.39. The molecule has 1 aromatic rings. The predicted octanol–water partition coefficient (Wildman–Crippen LogP) is 0.955. The summed E-state index contributed by atoms with van der Waals surface area (Å²) < 4.78 is 5.60. The summed E-state index contributed by atoms with van der Waals surface area (Å²) in [5.74, 6) is -1.64. The maximum absolute atomic E-state index is 12.4. The zero-order valence-corrected chi connectivity index (χ0v) is 12.7. The maximum Gasteiger partial charge on any atom is 0.308 e. The van der Waals surface area contributed by atoms with Crippen LogP contribution in [-0.2, 0) is 14.4 Å². The molecule has 2 aliphatic rings. The second-order valence-corrected chi connectivity index (χ2v) is 6.02. The van der Waals surface area contributed by atoms with Crippen LogP contribution in [0.5, 0.6) is 5.75 Å². The molecule has 1 unspecified atom stereocenters. The third-order valence-electron chi connectivity index (χ3n) is 4.35. The third kappa shape index (κ3) is 2.99. The molecule has 0 aliphatic carbocycles. The lowest BCUT2D eigenvalue weighted by molar-refractivity contribution is -0.142. The Bertz CT molecular complexity index is 660. The molecular formula is C16H18N2O5. The van der Waals surface area contributed by atoms with Crippen LogP contribution in [-0.4, -0.2) is 47.0 Å². The molecule has 2 heterocycles. The molecule has 0 spiro atoms. The molecule has 0 aromatic heterocycles. The van der Waals surface area contributed by atoms with Crippen molar-refractivity contribution in [2.75, 3.05) is 18.4 Å². The Hall–Kier alpha value is -2.57. The molecule has 23 heavy (non-hydrogen) atoms. The number of amides is 2. The lowest BCUT2D eigenvalue weighted by Crippen LogP contribution is -2.42. The maximum atomic E-state index is 12.4. The van der Waals surface area contributed by atoms with Gasteiger partial charge >= 0.3 is 5.97 Å². The normalized spacial score (nSPS) is 26.2. The van der Waals surface area contributed by atoms with Gasteiger partial charge in [0.25, 0.3) is 5.91 Å². The van der Waals surface area contributed by atoms with E-state index in [-0.39, 0.29) is 30.7 Å². The average Bonchev–Trinajstić information content (AvgIpc) is 2.90. The van der Waals surface area contributed by atoms with Gasteiger partial charge in [-0.1, -0.05) is 19.1 Å². The Labute approximate surface area is 133 Å². The summed E-state index contributed by atoms with van der Waals surface area (Å²) >= 11 is 0. The molecular weight excluding hydrogens is 300 g/mol. The molecule has 7 nitrogen and oxygen atoms in total. The lowest BCUT2D eigenvalue weighted by atomic mass is 9.99. The number of carbonyl (C=O) groups excluding carboxylic acids is 2. The SMILES string of the molecule is C[C@@H]1CN(C(=O)CC2Oc3ccccc3NC2=O)C[C@H]1C(=O)O. The van der Waals surface area contributed by atoms with E-state index >= 15 is 0 Å². The number of hydrogen-bond donors (Lipinski definition) is 2. The zero-order chi connectivity index (χ0) is 16.6. The molecule has 0 radical (unpaired) electrons. The Morgan fingerprint density at radius 2 is 2.09 bits per heavy atom. The molecule has 1 aromatic carbocycles. The highest BCUT2D eigenvalue weighted by molar-refractivity contribution is 6.00. The first-order valence-electron chi connectivity index (χ1n) is 7.53. The van der Waals surface area contributed by atoms with E-state index in [1.54, 1.807) is 24.3 Å². The van der Waals surface area contributed by atoms with E-state index in [1.165, 1.54) is 4.90 Å². The Morgan fingerprint density at radius 3 is 2.78 bits per heavy atom. The number of ether oxygens (including phenoxy) is 1. The van der Waals surface area contributed by atoms with Crippen molar-refractivity contribution in [3.63, 3.8) is 0 Å². The second kappa shape index (κ2) is 5.91. The molecule has 122 valence electrons. The number of carboxylic acids is 1. The van der Waals surface area contributed by atoms with Gasteiger partial charge in [0.15, 0.2) is 6.10 Å². The Balaban J connectivity index is 1.65. The number of benzene rings is 1. The van der Waals surface area contributed by atoms with Gasteiger partial charge in [0.1, 0.15) is 5.75 Å². The number of carbonyl (C=O) groups is 3. The van der Waals surface area contributed by atoms with E-state index in [2.05, 4.69) is 5.32 Å². The quantitative estimate of drug-likeness (QED) is 0.865. The minimum atomic E-state index is -0.895. The van der Waals surface area contributed by atoms with Gasteiger partial charge in [-0.2, -0.15) is 0 Å². The van der Waals surface area contributed by atoms with E-state index in [0.29, 0.717) is 18.0 Å². The van der Waals surface area contributed by atoms with Gasteiger partial charge in [-0.05, 0) is 18.1 Å². The lowest BCUT2D eigenvalue weighted by Gasteiger charge is -2.26. The van der Waals surface area contributed by atoms with Gasteiger partial charge in [-0.3, -0.25) is 14.4 Å². The van der Waals surface area contributed by atoms with Gasteiger partial charge in [0.05, 0.1) is 18.0 Å². The van der Waals surface area contributed by atoms with E-state index in [4.69, 9.17) is 9.84 Å². The number of nitrogens with zero attached hydrogens (tertiary/aromatic N) is 1. The van der Waals surface area contributed by atoms with Crippen molar-refractivity contribution in [3.05, 3.63) is 24.3 Å². The number of rotatable bonds is 3. The standard InChI is InChI=1S/C16H18N2O5/c1-9-7-18(8-10(9)16(21)22)14(19)6-13-15(20)17-11-4-2-3-5-12(11)23-13/h2-5,9-10,13H,6-8H2,1H3,(H,17,20)(H,21,22)/t9-,10-,13?/m1/s1. The predicted molar refractivity (Wildman–Crippen MR) is 81.0 cm³/mol. The molecule has 0 bridgehead atoms. The van der Waals surface area contributed by atoms with Crippen molar-refractivity contribution in [1.29, 1.82) is 0 Å². The number of likely N-dealkylation sites (tertiary alicyclic amines) is 1. The molecule has 1 fully saturated rings. The Morgan fingerprint density at radius 1 is 1.35 bits per heavy atom. The topological polar surface area (TPSA) is 95.9 Å². The minimum Gasteiger partial charge on any atom is -0.481 e. The van der Waals surface area contributed by atoms with Crippen molar-refractivity contribution in [2.45, 2.75) is 19.4 Å². The second-order valence-electron chi connectivity index (χ2n) is 6.02. The van der Waals surface area contributed by atoms with Gasteiger partial charge < -0.3 is 20.1 Å². The number of aliphatic carboxylic acids is 1. The largest absolute Gasteiger partial charge is 0.481 e. The highest BCUT2D eigenvalue weighted by Crippen LogP contribution is 2.30. The fourth-order valence-electron chi connectivity index (χ4n) is 3.01. The first-order chi connectivity index (χ1) is 11.0. The zero-order valence-electron chi connectivity index (χ0n) is 12.7. The van der Waals surface area contributed by atoms with Crippen molar-refractivity contribution in [2.24, 2.45) is 11.8 Å². The van der Waals surface area contributed by atoms with Crippen LogP contribution in [0.1, 0.15) is 13.3 Å². The fourth-order valence-corrected chi connectivity index (χ4v) is 3.01. The van der Waals surface area contributed by atoms with Crippen molar-refractivity contribution in [3.8, 4) is 5.75 Å². The van der Waals surface area contributed by atoms with Crippen molar-refractivity contribution in [1.82, 2.24) is 4.90 Å². The van der Waals surface area contributed by atoms with Crippen LogP contribution in [0.15, 0.2) is 24.3 Å². The molecule has 1 saturated heterocycles. The van der Waals surface area contributed by atoms with E-state index < -0.39 is 18.0 Å². The van der Waals surface area contributed by atoms with Crippen LogP contribution in [0.2, 0.25) is 0 Å². The van der Waals surface area contributed by atoms with Crippen LogP contribution >= 0.6 is 0 Å². The summed E-state index contributed by atoms with van der Waals surface area (Å²) in [6.45, 7) is 2.38. The summed E-state index contributed by atoms with van der Waals surface area (Å²) in [5, 5.41) is 11.8. The number of nitrogens with one attached hydrogen (secondary N) is 1. The summed E-state index contributed by atoms with van der Waals surface area (Å²) in [4.78, 5) is 37.0.